The first-order valence-corrected chi connectivity index (χ1v) is 8.86. The van der Waals surface area contributed by atoms with E-state index in [9.17, 15) is 9.59 Å². The molecule has 0 atom stereocenters. The van der Waals surface area contributed by atoms with E-state index < -0.39 is 0 Å². The molecule has 0 heterocycles. The summed E-state index contributed by atoms with van der Waals surface area (Å²) >= 11 is 0. The molecule has 0 spiro atoms. The number of nitrogens with one attached hydrogen (secondary N) is 1. The highest BCUT2D eigenvalue weighted by Crippen LogP contribution is 2.35. The maximum absolute atomic E-state index is 12.6. The molecular formula is C20H27NO2. The fourth-order valence-electron chi connectivity index (χ4n) is 3.01. The first-order chi connectivity index (χ1) is 11.2. The molecule has 0 bridgehead atoms. The van der Waals surface area contributed by atoms with E-state index in [1.165, 1.54) is 12.8 Å². The Kier molecular flexibility index (Phi) is 6.57. The van der Waals surface area contributed by atoms with Crippen molar-refractivity contribution in [2.45, 2.75) is 65.2 Å². The van der Waals surface area contributed by atoms with Gasteiger partial charge in [-0.25, -0.2) is 0 Å². The Bertz CT molecular complexity index is 601. The lowest BCUT2D eigenvalue weighted by atomic mass is 10.00. The number of allylic oxidation sites excluding steroid dienone is 2. The third-order valence-corrected chi connectivity index (χ3v) is 4.33. The Morgan fingerprint density at radius 1 is 0.957 bits per heavy atom. The zero-order valence-corrected chi connectivity index (χ0v) is 14.3. The molecule has 1 aliphatic carbocycles. The maximum atomic E-state index is 12.6. The SMILES string of the molecule is CCCCCCC1=C(NC(=O)CCCC)C(=O)c2ccccc21. The molecule has 0 radical (unpaired) electrons. The first kappa shape index (κ1) is 17.5. The van der Waals surface area contributed by atoms with Gasteiger partial charge in [0.25, 0.3) is 0 Å². The molecule has 23 heavy (non-hydrogen) atoms. The third kappa shape index (κ3) is 4.31. The van der Waals surface area contributed by atoms with Gasteiger partial charge in [-0.15, -0.1) is 0 Å². The van der Waals surface area contributed by atoms with Crippen LogP contribution < -0.4 is 5.32 Å². The summed E-state index contributed by atoms with van der Waals surface area (Å²) in [5, 5.41) is 2.89. The van der Waals surface area contributed by atoms with Gasteiger partial charge in [0.05, 0.1) is 5.70 Å². The van der Waals surface area contributed by atoms with Crippen molar-refractivity contribution in [3.05, 3.63) is 41.1 Å². The van der Waals surface area contributed by atoms with Crippen LogP contribution in [0.4, 0.5) is 0 Å². The molecule has 0 fully saturated rings. The van der Waals surface area contributed by atoms with Crippen molar-refractivity contribution in [1.82, 2.24) is 5.32 Å². The van der Waals surface area contributed by atoms with Crippen LogP contribution in [0, 0.1) is 0 Å². The van der Waals surface area contributed by atoms with Gasteiger partial charge in [0.1, 0.15) is 0 Å². The number of rotatable bonds is 9. The number of hydrogen-bond donors (Lipinski definition) is 1. The Morgan fingerprint density at radius 3 is 2.35 bits per heavy atom. The zero-order valence-electron chi connectivity index (χ0n) is 14.3. The summed E-state index contributed by atoms with van der Waals surface area (Å²) < 4.78 is 0. The fourth-order valence-corrected chi connectivity index (χ4v) is 3.01. The van der Waals surface area contributed by atoms with Crippen molar-refractivity contribution in [2.24, 2.45) is 0 Å². The average molecular weight is 313 g/mol. The van der Waals surface area contributed by atoms with Crippen molar-refractivity contribution in [2.75, 3.05) is 0 Å². The highest BCUT2D eigenvalue weighted by molar-refractivity contribution is 6.21. The minimum absolute atomic E-state index is 0.0315. The summed E-state index contributed by atoms with van der Waals surface area (Å²) in [4.78, 5) is 24.7. The average Bonchev–Trinajstić information content (AvgIpc) is 2.82. The van der Waals surface area contributed by atoms with E-state index in [2.05, 4.69) is 19.2 Å². The molecule has 3 heteroatoms. The van der Waals surface area contributed by atoms with Crippen molar-refractivity contribution in [3.63, 3.8) is 0 Å². The van der Waals surface area contributed by atoms with E-state index >= 15 is 0 Å². The summed E-state index contributed by atoms with van der Waals surface area (Å²) in [5.41, 5.74) is 3.26. The van der Waals surface area contributed by atoms with Crippen LogP contribution in [0.1, 0.15) is 81.1 Å². The number of fused-ring (bicyclic) bond motifs is 1. The number of unbranched alkanes of at least 4 members (excludes halogenated alkanes) is 4. The predicted octanol–water partition coefficient (Wildman–Crippen LogP) is 4.87. The van der Waals surface area contributed by atoms with Crippen LogP contribution in [-0.4, -0.2) is 11.7 Å². The molecule has 1 amide bonds. The maximum Gasteiger partial charge on any atom is 0.224 e. The molecular weight excluding hydrogens is 286 g/mol. The van der Waals surface area contributed by atoms with Crippen LogP contribution in [0.2, 0.25) is 0 Å². The topological polar surface area (TPSA) is 46.2 Å². The van der Waals surface area contributed by atoms with Crippen molar-refractivity contribution in [3.8, 4) is 0 Å². The second-order valence-corrected chi connectivity index (χ2v) is 6.19. The Balaban J connectivity index is 2.18. The van der Waals surface area contributed by atoms with Gasteiger partial charge >= 0.3 is 0 Å². The molecule has 0 saturated carbocycles. The molecule has 1 aromatic rings. The first-order valence-electron chi connectivity index (χ1n) is 8.86. The Morgan fingerprint density at radius 2 is 1.65 bits per heavy atom. The van der Waals surface area contributed by atoms with Gasteiger partial charge in [0, 0.05) is 12.0 Å². The smallest absolute Gasteiger partial charge is 0.224 e. The van der Waals surface area contributed by atoms with E-state index in [0.717, 1.165) is 48.8 Å². The summed E-state index contributed by atoms with van der Waals surface area (Å²) in [6.07, 6.45) is 7.78. The van der Waals surface area contributed by atoms with E-state index in [4.69, 9.17) is 0 Å². The fraction of sp³-hybridized carbons (Fsp3) is 0.500. The van der Waals surface area contributed by atoms with Crippen LogP contribution >= 0.6 is 0 Å². The molecule has 2 rings (SSSR count). The molecule has 0 saturated heterocycles. The largest absolute Gasteiger partial charge is 0.323 e. The van der Waals surface area contributed by atoms with Crippen molar-refractivity contribution in [1.29, 1.82) is 0 Å². The minimum Gasteiger partial charge on any atom is -0.323 e. The molecule has 1 N–H and O–H groups in total. The lowest BCUT2D eigenvalue weighted by molar-refractivity contribution is -0.120. The number of hydrogen-bond acceptors (Lipinski definition) is 2. The van der Waals surface area contributed by atoms with Gasteiger partial charge in [0.15, 0.2) is 0 Å². The molecule has 0 unspecified atom stereocenters. The second kappa shape index (κ2) is 8.66. The number of Topliss-reactive ketones (excluding diaryl/α,β-unsaturated/α-hetero) is 1. The van der Waals surface area contributed by atoms with Gasteiger partial charge in [-0.2, -0.15) is 0 Å². The van der Waals surface area contributed by atoms with Crippen LogP contribution in [0.5, 0.6) is 0 Å². The highest BCUT2D eigenvalue weighted by atomic mass is 16.2. The molecule has 3 nitrogen and oxygen atoms in total. The third-order valence-electron chi connectivity index (χ3n) is 4.33. The summed E-state index contributed by atoms with van der Waals surface area (Å²) in [6.45, 7) is 4.25. The monoisotopic (exact) mass is 313 g/mol. The molecule has 0 aromatic heterocycles. The molecule has 0 aliphatic heterocycles. The quantitative estimate of drug-likeness (QED) is 0.661. The number of ketones is 1. The van der Waals surface area contributed by atoms with Gasteiger partial charge in [-0.3, -0.25) is 9.59 Å². The molecule has 124 valence electrons. The highest BCUT2D eigenvalue weighted by Gasteiger charge is 2.29. The van der Waals surface area contributed by atoms with Crippen LogP contribution in [0.15, 0.2) is 30.0 Å². The second-order valence-electron chi connectivity index (χ2n) is 6.19. The van der Waals surface area contributed by atoms with Crippen molar-refractivity contribution >= 4 is 17.3 Å². The number of carbonyl (C=O) groups is 2. The number of amides is 1. The minimum atomic E-state index is -0.0472. The van der Waals surface area contributed by atoms with Gasteiger partial charge < -0.3 is 5.32 Å². The van der Waals surface area contributed by atoms with Crippen LogP contribution in [0.25, 0.3) is 5.57 Å². The lowest BCUT2D eigenvalue weighted by Crippen LogP contribution is -2.26. The zero-order chi connectivity index (χ0) is 16.7. The number of benzene rings is 1. The lowest BCUT2D eigenvalue weighted by Gasteiger charge is -2.09. The van der Waals surface area contributed by atoms with Crippen molar-refractivity contribution < 1.29 is 9.59 Å². The van der Waals surface area contributed by atoms with Gasteiger partial charge in [0.2, 0.25) is 11.7 Å². The number of carbonyl (C=O) groups excluding carboxylic acids is 2. The van der Waals surface area contributed by atoms with Crippen LogP contribution in [-0.2, 0) is 4.79 Å². The van der Waals surface area contributed by atoms with Gasteiger partial charge in [-0.1, -0.05) is 63.8 Å². The summed E-state index contributed by atoms with van der Waals surface area (Å²) in [7, 11) is 0. The summed E-state index contributed by atoms with van der Waals surface area (Å²) in [5.74, 6) is -0.0787. The molecule has 1 aromatic carbocycles. The normalized spacial score (nSPS) is 13.4. The van der Waals surface area contributed by atoms with E-state index in [1.807, 2.05) is 24.3 Å². The standard InChI is InChI=1S/C20H27NO2/c1-3-5-7-8-12-16-15-11-9-10-13-17(15)20(23)19(16)21-18(22)14-6-4-2/h9-11,13H,3-8,12,14H2,1-2H3,(H,21,22,23). The summed E-state index contributed by atoms with van der Waals surface area (Å²) in [6, 6.07) is 7.69. The van der Waals surface area contributed by atoms with E-state index in [1.54, 1.807) is 0 Å². The van der Waals surface area contributed by atoms with E-state index in [0.29, 0.717) is 12.1 Å². The molecule has 1 aliphatic rings. The van der Waals surface area contributed by atoms with Gasteiger partial charge in [-0.05, 0) is 30.4 Å². The van der Waals surface area contributed by atoms with E-state index in [-0.39, 0.29) is 11.7 Å². The predicted molar refractivity (Wildman–Crippen MR) is 94.1 cm³/mol. The Labute approximate surface area is 139 Å². The Hall–Kier alpha value is -1.90. The van der Waals surface area contributed by atoms with Crippen LogP contribution in [0.3, 0.4) is 0 Å².